The second-order valence-corrected chi connectivity index (χ2v) is 4.86. The second-order valence-electron chi connectivity index (χ2n) is 4.43. The van der Waals surface area contributed by atoms with Crippen LogP contribution < -0.4 is 5.32 Å². The first-order chi connectivity index (χ1) is 8.56. The summed E-state index contributed by atoms with van der Waals surface area (Å²) in [5.74, 6) is 0.936. The fraction of sp³-hybridized carbons (Fsp3) is 0.286. The molecule has 1 aromatic heterocycles. The number of hydrogen-bond donors (Lipinski definition) is 1. The lowest BCUT2D eigenvalue weighted by molar-refractivity contribution is 0.471. The first kappa shape index (κ1) is 13.1. The van der Waals surface area contributed by atoms with E-state index >= 15 is 0 Å². The van der Waals surface area contributed by atoms with Gasteiger partial charge in [-0.15, -0.1) is 0 Å². The van der Waals surface area contributed by atoms with Gasteiger partial charge in [-0.05, 0) is 30.3 Å². The van der Waals surface area contributed by atoms with Crippen molar-refractivity contribution in [1.82, 2.24) is 5.32 Å². The highest BCUT2D eigenvalue weighted by molar-refractivity contribution is 6.30. The predicted molar refractivity (Wildman–Crippen MR) is 71.1 cm³/mol. The summed E-state index contributed by atoms with van der Waals surface area (Å²) in [6, 6.07) is 8.39. The molecule has 0 saturated heterocycles. The third kappa shape index (κ3) is 3.12. The van der Waals surface area contributed by atoms with Crippen LogP contribution in [-0.2, 0) is 6.54 Å². The van der Waals surface area contributed by atoms with Crippen LogP contribution >= 0.6 is 11.6 Å². The van der Waals surface area contributed by atoms with E-state index in [0.717, 1.165) is 5.76 Å². The van der Waals surface area contributed by atoms with Gasteiger partial charge >= 0.3 is 0 Å². The van der Waals surface area contributed by atoms with Crippen LogP contribution in [0.15, 0.2) is 34.7 Å². The summed E-state index contributed by atoms with van der Waals surface area (Å²) in [5, 5.41) is 3.73. The van der Waals surface area contributed by atoms with Crippen LogP contribution in [-0.4, -0.2) is 6.04 Å². The first-order valence-corrected chi connectivity index (χ1v) is 6.21. The maximum Gasteiger partial charge on any atom is 0.137 e. The Balaban J connectivity index is 2.21. The molecule has 1 N–H and O–H groups in total. The molecule has 0 saturated carbocycles. The van der Waals surface area contributed by atoms with Crippen LogP contribution in [0.4, 0.5) is 4.39 Å². The van der Waals surface area contributed by atoms with Gasteiger partial charge in [0.1, 0.15) is 17.3 Å². The fourth-order valence-electron chi connectivity index (χ4n) is 1.61. The number of furan rings is 1. The standard InChI is InChI=1S/C14H15ClFNO/c1-9(2)17-8-11-4-6-14(18-11)12-7-10(15)3-5-13(12)16/h3-7,9,17H,8H2,1-2H3. The number of benzene rings is 1. The zero-order chi connectivity index (χ0) is 13.1. The predicted octanol–water partition coefficient (Wildman–Crippen LogP) is 4.24. The minimum Gasteiger partial charge on any atom is -0.460 e. The molecule has 0 atom stereocenters. The van der Waals surface area contributed by atoms with Gasteiger partial charge in [0, 0.05) is 11.1 Å². The molecular formula is C14H15ClFNO. The Hall–Kier alpha value is -1.32. The van der Waals surface area contributed by atoms with Crippen LogP contribution in [0.25, 0.3) is 11.3 Å². The maximum absolute atomic E-state index is 13.6. The number of halogens is 2. The molecule has 0 aliphatic heterocycles. The summed E-state index contributed by atoms with van der Waals surface area (Å²) in [7, 11) is 0. The lowest BCUT2D eigenvalue weighted by atomic mass is 10.1. The molecule has 96 valence electrons. The van der Waals surface area contributed by atoms with Crippen molar-refractivity contribution in [2.75, 3.05) is 0 Å². The van der Waals surface area contributed by atoms with E-state index in [1.807, 2.05) is 6.07 Å². The molecule has 4 heteroatoms. The molecule has 0 aliphatic rings. The van der Waals surface area contributed by atoms with Crippen molar-refractivity contribution in [2.24, 2.45) is 0 Å². The highest BCUT2D eigenvalue weighted by Crippen LogP contribution is 2.27. The van der Waals surface area contributed by atoms with E-state index in [2.05, 4.69) is 19.2 Å². The molecular weight excluding hydrogens is 253 g/mol. The summed E-state index contributed by atoms with van der Waals surface area (Å²) in [4.78, 5) is 0. The Morgan fingerprint density at radius 2 is 2.06 bits per heavy atom. The van der Waals surface area contributed by atoms with Gasteiger partial charge in [0.05, 0.1) is 12.1 Å². The monoisotopic (exact) mass is 267 g/mol. The summed E-state index contributed by atoms with van der Waals surface area (Å²) < 4.78 is 19.2. The third-order valence-corrected chi connectivity index (χ3v) is 2.78. The fourth-order valence-corrected chi connectivity index (χ4v) is 1.78. The Kier molecular flexibility index (Phi) is 4.04. The molecule has 2 rings (SSSR count). The molecule has 1 aromatic carbocycles. The van der Waals surface area contributed by atoms with Gasteiger partial charge in [-0.25, -0.2) is 4.39 Å². The average molecular weight is 268 g/mol. The van der Waals surface area contributed by atoms with Crippen molar-refractivity contribution in [3.63, 3.8) is 0 Å². The van der Waals surface area contributed by atoms with Gasteiger partial charge in [0.25, 0.3) is 0 Å². The van der Waals surface area contributed by atoms with Gasteiger partial charge in [-0.1, -0.05) is 25.4 Å². The highest BCUT2D eigenvalue weighted by atomic mass is 35.5. The van der Waals surface area contributed by atoms with E-state index < -0.39 is 0 Å². The van der Waals surface area contributed by atoms with Crippen molar-refractivity contribution in [2.45, 2.75) is 26.4 Å². The van der Waals surface area contributed by atoms with Crippen molar-refractivity contribution in [1.29, 1.82) is 0 Å². The molecule has 0 fully saturated rings. The topological polar surface area (TPSA) is 25.2 Å². The normalized spacial score (nSPS) is 11.2. The van der Waals surface area contributed by atoms with Crippen LogP contribution in [0.5, 0.6) is 0 Å². The van der Waals surface area contributed by atoms with Crippen molar-refractivity contribution < 1.29 is 8.81 Å². The third-order valence-electron chi connectivity index (χ3n) is 2.54. The quantitative estimate of drug-likeness (QED) is 0.896. The Labute approximate surface area is 111 Å². The van der Waals surface area contributed by atoms with Crippen LogP contribution in [0.3, 0.4) is 0 Å². The smallest absolute Gasteiger partial charge is 0.137 e. The van der Waals surface area contributed by atoms with Crippen LogP contribution in [0.1, 0.15) is 19.6 Å². The van der Waals surface area contributed by atoms with Gasteiger partial charge in [0.15, 0.2) is 0 Å². The SMILES string of the molecule is CC(C)NCc1ccc(-c2cc(Cl)ccc2F)o1. The molecule has 0 aliphatic carbocycles. The van der Waals surface area contributed by atoms with Crippen molar-refractivity contribution >= 4 is 11.6 Å². The lowest BCUT2D eigenvalue weighted by Crippen LogP contribution is -2.21. The minimum absolute atomic E-state index is 0.336. The average Bonchev–Trinajstić information content (AvgIpc) is 2.78. The molecule has 2 aromatic rings. The molecule has 18 heavy (non-hydrogen) atoms. The van der Waals surface area contributed by atoms with E-state index in [0.29, 0.717) is 28.9 Å². The Morgan fingerprint density at radius 1 is 1.28 bits per heavy atom. The number of nitrogens with one attached hydrogen (secondary N) is 1. The second kappa shape index (κ2) is 5.55. The van der Waals surface area contributed by atoms with E-state index in [9.17, 15) is 4.39 Å². The summed E-state index contributed by atoms with van der Waals surface area (Å²) in [6.07, 6.45) is 0. The molecule has 0 radical (unpaired) electrons. The highest BCUT2D eigenvalue weighted by Gasteiger charge is 2.10. The molecule has 2 nitrogen and oxygen atoms in total. The zero-order valence-corrected chi connectivity index (χ0v) is 11.1. The Morgan fingerprint density at radius 3 is 2.78 bits per heavy atom. The first-order valence-electron chi connectivity index (χ1n) is 5.84. The number of rotatable bonds is 4. The van der Waals surface area contributed by atoms with E-state index in [4.69, 9.17) is 16.0 Å². The van der Waals surface area contributed by atoms with E-state index in [1.54, 1.807) is 12.1 Å². The van der Waals surface area contributed by atoms with Gasteiger partial charge < -0.3 is 9.73 Å². The van der Waals surface area contributed by atoms with E-state index in [-0.39, 0.29) is 5.82 Å². The summed E-state index contributed by atoms with van der Waals surface area (Å²) in [6.45, 7) is 4.74. The molecule has 0 bridgehead atoms. The minimum atomic E-state index is -0.336. The summed E-state index contributed by atoms with van der Waals surface area (Å²) in [5.41, 5.74) is 0.387. The van der Waals surface area contributed by atoms with E-state index in [1.165, 1.54) is 12.1 Å². The molecule has 0 amide bonds. The lowest BCUT2D eigenvalue weighted by Gasteiger charge is -2.05. The largest absolute Gasteiger partial charge is 0.460 e. The van der Waals surface area contributed by atoms with Gasteiger partial charge in [-0.3, -0.25) is 0 Å². The molecule has 0 unspecified atom stereocenters. The molecule has 0 spiro atoms. The van der Waals surface area contributed by atoms with Crippen LogP contribution in [0.2, 0.25) is 5.02 Å². The zero-order valence-electron chi connectivity index (χ0n) is 10.3. The van der Waals surface area contributed by atoms with Gasteiger partial charge in [-0.2, -0.15) is 0 Å². The molecule has 1 heterocycles. The number of hydrogen-bond acceptors (Lipinski definition) is 2. The van der Waals surface area contributed by atoms with Crippen molar-refractivity contribution in [3.8, 4) is 11.3 Å². The Bertz CT molecular complexity index is 536. The summed E-state index contributed by atoms with van der Waals surface area (Å²) >= 11 is 5.86. The maximum atomic E-state index is 13.6. The van der Waals surface area contributed by atoms with Gasteiger partial charge in [0.2, 0.25) is 0 Å². The van der Waals surface area contributed by atoms with Crippen molar-refractivity contribution in [3.05, 3.63) is 46.9 Å². The van der Waals surface area contributed by atoms with Crippen LogP contribution in [0, 0.1) is 5.82 Å².